The number of carbonyl (C=O) groups excluding carboxylic acids is 1. The van der Waals surface area contributed by atoms with Crippen molar-refractivity contribution < 1.29 is 9.53 Å². The molecule has 1 aromatic heterocycles. The van der Waals surface area contributed by atoms with Gasteiger partial charge in [-0.1, -0.05) is 60.7 Å². The van der Waals surface area contributed by atoms with Crippen molar-refractivity contribution in [1.29, 1.82) is 0 Å². The van der Waals surface area contributed by atoms with Gasteiger partial charge in [-0.3, -0.25) is 0 Å². The van der Waals surface area contributed by atoms with E-state index in [0.29, 0.717) is 10.6 Å². The summed E-state index contributed by atoms with van der Waals surface area (Å²) in [7, 11) is 0. The fourth-order valence-electron chi connectivity index (χ4n) is 2.08. The van der Waals surface area contributed by atoms with Crippen LogP contribution in [0.3, 0.4) is 0 Å². The van der Waals surface area contributed by atoms with Gasteiger partial charge in [0, 0.05) is 5.56 Å². The van der Waals surface area contributed by atoms with Crippen LogP contribution < -0.4 is 0 Å². The standard InChI is InChI=1S/C18H15NO2S/c1-13-16(18(20)21-12-14-8-4-2-5-9-14)22-17(19-13)15-10-6-3-7-11-15/h2-11H,12H2,1H3. The monoisotopic (exact) mass is 309 g/mol. The predicted octanol–water partition coefficient (Wildman–Crippen LogP) is 4.48. The third kappa shape index (κ3) is 3.23. The highest BCUT2D eigenvalue weighted by Gasteiger charge is 2.17. The molecular formula is C18H15NO2S. The van der Waals surface area contributed by atoms with Crippen LogP contribution in [0.5, 0.6) is 0 Å². The average molecular weight is 309 g/mol. The number of thiazole rings is 1. The van der Waals surface area contributed by atoms with Crippen molar-refractivity contribution in [3.05, 3.63) is 76.8 Å². The molecule has 3 nitrogen and oxygen atoms in total. The van der Waals surface area contributed by atoms with Crippen LogP contribution in [-0.4, -0.2) is 11.0 Å². The van der Waals surface area contributed by atoms with E-state index in [0.717, 1.165) is 16.1 Å². The highest BCUT2D eigenvalue weighted by atomic mass is 32.1. The van der Waals surface area contributed by atoms with Gasteiger partial charge in [0.05, 0.1) is 5.69 Å². The Bertz CT molecular complexity index is 766. The Morgan fingerprint density at radius 1 is 1.05 bits per heavy atom. The number of rotatable bonds is 4. The molecule has 0 saturated heterocycles. The lowest BCUT2D eigenvalue weighted by Gasteiger charge is -2.03. The van der Waals surface area contributed by atoms with Gasteiger partial charge in [0.1, 0.15) is 16.5 Å². The van der Waals surface area contributed by atoms with Gasteiger partial charge in [0.25, 0.3) is 0 Å². The van der Waals surface area contributed by atoms with Crippen molar-refractivity contribution in [3.63, 3.8) is 0 Å². The molecule has 0 fully saturated rings. The van der Waals surface area contributed by atoms with E-state index in [1.54, 1.807) is 0 Å². The minimum atomic E-state index is -0.318. The first-order chi connectivity index (χ1) is 10.7. The lowest BCUT2D eigenvalue weighted by molar-refractivity contribution is 0.0477. The number of aromatic nitrogens is 1. The molecule has 22 heavy (non-hydrogen) atoms. The zero-order valence-electron chi connectivity index (χ0n) is 12.2. The molecule has 4 heteroatoms. The molecule has 0 bridgehead atoms. The molecule has 0 N–H and O–H groups in total. The van der Waals surface area contributed by atoms with Gasteiger partial charge in [-0.2, -0.15) is 0 Å². The second-order valence-electron chi connectivity index (χ2n) is 4.86. The molecule has 0 radical (unpaired) electrons. The van der Waals surface area contributed by atoms with Crippen molar-refractivity contribution in [2.75, 3.05) is 0 Å². The van der Waals surface area contributed by atoms with Gasteiger partial charge >= 0.3 is 5.97 Å². The average Bonchev–Trinajstić information content (AvgIpc) is 2.96. The largest absolute Gasteiger partial charge is 0.457 e. The number of ether oxygens (including phenoxy) is 1. The van der Waals surface area contributed by atoms with Gasteiger partial charge in [-0.25, -0.2) is 9.78 Å². The quantitative estimate of drug-likeness (QED) is 0.667. The van der Waals surface area contributed by atoms with E-state index in [1.807, 2.05) is 67.6 Å². The van der Waals surface area contributed by atoms with E-state index < -0.39 is 0 Å². The topological polar surface area (TPSA) is 39.2 Å². The molecule has 0 unspecified atom stereocenters. The van der Waals surface area contributed by atoms with E-state index in [1.165, 1.54) is 11.3 Å². The summed E-state index contributed by atoms with van der Waals surface area (Å²) in [4.78, 5) is 17.3. The van der Waals surface area contributed by atoms with E-state index in [9.17, 15) is 4.79 Å². The van der Waals surface area contributed by atoms with E-state index in [2.05, 4.69) is 4.98 Å². The van der Waals surface area contributed by atoms with Gasteiger partial charge in [-0.05, 0) is 12.5 Å². The molecule has 2 aromatic carbocycles. The summed E-state index contributed by atoms with van der Waals surface area (Å²) < 4.78 is 5.38. The van der Waals surface area contributed by atoms with Gasteiger partial charge in [-0.15, -0.1) is 11.3 Å². The number of hydrogen-bond donors (Lipinski definition) is 0. The summed E-state index contributed by atoms with van der Waals surface area (Å²) in [6.45, 7) is 2.11. The molecule has 0 amide bonds. The Balaban J connectivity index is 1.74. The summed E-state index contributed by atoms with van der Waals surface area (Å²) >= 11 is 1.37. The van der Waals surface area contributed by atoms with Crippen molar-refractivity contribution in [1.82, 2.24) is 4.98 Å². The minimum Gasteiger partial charge on any atom is -0.457 e. The molecule has 1 heterocycles. The molecule has 0 saturated carbocycles. The summed E-state index contributed by atoms with van der Waals surface area (Å²) in [5.74, 6) is -0.318. The lowest BCUT2D eigenvalue weighted by atomic mass is 10.2. The Morgan fingerprint density at radius 3 is 2.36 bits per heavy atom. The molecule has 3 aromatic rings. The second kappa shape index (κ2) is 6.54. The number of hydrogen-bond acceptors (Lipinski definition) is 4. The highest BCUT2D eigenvalue weighted by Crippen LogP contribution is 2.28. The molecule has 3 rings (SSSR count). The molecule has 110 valence electrons. The number of benzene rings is 2. The Labute approximate surface area is 133 Å². The van der Waals surface area contributed by atoms with Crippen LogP contribution in [0.25, 0.3) is 10.6 Å². The van der Waals surface area contributed by atoms with Crippen molar-refractivity contribution in [3.8, 4) is 10.6 Å². The summed E-state index contributed by atoms with van der Waals surface area (Å²) in [5, 5.41) is 0.838. The number of aryl methyl sites for hydroxylation is 1. The maximum atomic E-state index is 12.2. The van der Waals surface area contributed by atoms with Crippen molar-refractivity contribution >= 4 is 17.3 Å². The number of carbonyl (C=O) groups is 1. The first-order valence-electron chi connectivity index (χ1n) is 6.98. The van der Waals surface area contributed by atoms with Crippen LogP contribution in [0.1, 0.15) is 20.9 Å². The maximum Gasteiger partial charge on any atom is 0.350 e. The molecule has 0 aliphatic carbocycles. The van der Waals surface area contributed by atoms with Crippen molar-refractivity contribution in [2.24, 2.45) is 0 Å². The third-order valence-electron chi connectivity index (χ3n) is 3.22. The summed E-state index contributed by atoms with van der Waals surface area (Å²) in [5.41, 5.74) is 2.70. The first-order valence-corrected chi connectivity index (χ1v) is 7.79. The molecule has 0 atom stereocenters. The van der Waals surface area contributed by atoms with Gasteiger partial charge < -0.3 is 4.74 Å². The fourth-order valence-corrected chi connectivity index (χ4v) is 3.04. The SMILES string of the molecule is Cc1nc(-c2ccccc2)sc1C(=O)OCc1ccccc1. The van der Waals surface area contributed by atoms with Crippen LogP contribution >= 0.6 is 11.3 Å². The molecule has 0 aliphatic heterocycles. The van der Waals surface area contributed by atoms with Gasteiger partial charge in [0.2, 0.25) is 0 Å². The molecule has 0 aliphatic rings. The fraction of sp³-hybridized carbons (Fsp3) is 0.111. The number of esters is 1. The predicted molar refractivity (Wildman–Crippen MR) is 87.8 cm³/mol. The third-order valence-corrected chi connectivity index (χ3v) is 4.40. The Hall–Kier alpha value is -2.46. The molecular weight excluding hydrogens is 294 g/mol. The van der Waals surface area contributed by atoms with E-state index in [4.69, 9.17) is 4.74 Å². The Morgan fingerprint density at radius 2 is 1.68 bits per heavy atom. The maximum absolute atomic E-state index is 12.2. The van der Waals surface area contributed by atoms with Crippen LogP contribution in [-0.2, 0) is 11.3 Å². The minimum absolute atomic E-state index is 0.275. The molecule has 0 spiro atoms. The second-order valence-corrected chi connectivity index (χ2v) is 5.86. The Kier molecular flexibility index (Phi) is 4.30. The van der Waals surface area contributed by atoms with E-state index >= 15 is 0 Å². The van der Waals surface area contributed by atoms with Gasteiger partial charge in [0.15, 0.2) is 0 Å². The zero-order chi connectivity index (χ0) is 15.4. The van der Waals surface area contributed by atoms with Crippen LogP contribution in [0.4, 0.5) is 0 Å². The first kappa shape index (κ1) is 14.5. The smallest absolute Gasteiger partial charge is 0.350 e. The zero-order valence-corrected chi connectivity index (χ0v) is 13.0. The normalized spacial score (nSPS) is 10.4. The highest BCUT2D eigenvalue weighted by molar-refractivity contribution is 7.17. The van der Waals surface area contributed by atoms with E-state index in [-0.39, 0.29) is 12.6 Å². The van der Waals surface area contributed by atoms with Crippen LogP contribution in [0, 0.1) is 6.92 Å². The summed E-state index contributed by atoms with van der Waals surface area (Å²) in [6, 6.07) is 19.5. The van der Waals surface area contributed by atoms with Crippen LogP contribution in [0.15, 0.2) is 60.7 Å². The summed E-state index contributed by atoms with van der Waals surface area (Å²) in [6.07, 6.45) is 0. The van der Waals surface area contributed by atoms with Crippen LogP contribution in [0.2, 0.25) is 0 Å². The number of nitrogens with zero attached hydrogens (tertiary/aromatic N) is 1. The van der Waals surface area contributed by atoms with Crippen molar-refractivity contribution in [2.45, 2.75) is 13.5 Å². The lowest BCUT2D eigenvalue weighted by Crippen LogP contribution is -2.04.